The molecule has 2 aromatic rings. The van der Waals surface area contributed by atoms with Crippen LogP contribution in [0, 0.1) is 5.92 Å². The molecule has 0 saturated heterocycles. The molecule has 0 fully saturated rings. The molecule has 2 aliphatic rings. The van der Waals surface area contributed by atoms with Crippen LogP contribution in [0.5, 0.6) is 17.2 Å². The van der Waals surface area contributed by atoms with Gasteiger partial charge in [0, 0.05) is 23.7 Å². The van der Waals surface area contributed by atoms with Crippen molar-refractivity contribution >= 4 is 11.6 Å². The predicted octanol–water partition coefficient (Wildman–Crippen LogP) is 4.29. The summed E-state index contributed by atoms with van der Waals surface area (Å²) in [5.41, 5.74) is 4.00. The van der Waals surface area contributed by atoms with Crippen molar-refractivity contribution in [2.45, 2.75) is 25.3 Å². The summed E-state index contributed by atoms with van der Waals surface area (Å²) in [4.78, 5) is 12.3. The third-order valence-corrected chi connectivity index (χ3v) is 6.01. The van der Waals surface area contributed by atoms with Gasteiger partial charge in [0.1, 0.15) is 0 Å². The van der Waals surface area contributed by atoms with E-state index in [0.29, 0.717) is 35.3 Å². The number of nitrogens with one attached hydrogen (secondary N) is 2. The molecular weight excluding hydrogens is 380 g/mol. The fourth-order valence-electron chi connectivity index (χ4n) is 4.61. The molecule has 0 saturated carbocycles. The molecule has 3 atom stereocenters. The number of fused-ring (bicyclic) bond motifs is 3. The Balaban J connectivity index is 1.74. The van der Waals surface area contributed by atoms with E-state index in [0.717, 1.165) is 17.7 Å². The van der Waals surface area contributed by atoms with Gasteiger partial charge in [-0.25, -0.2) is 0 Å². The molecule has 158 valence electrons. The minimum Gasteiger partial charge on any atom is -0.493 e. The van der Waals surface area contributed by atoms with Crippen LogP contribution in [0.3, 0.4) is 0 Å². The first kappa shape index (κ1) is 20.1. The molecule has 0 spiro atoms. The molecule has 0 radical (unpaired) electrons. The molecule has 4 rings (SSSR count). The molecule has 1 heterocycles. The summed E-state index contributed by atoms with van der Waals surface area (Å²) in [7, 11) is 4.87. The van der Waals surface area contributed by atoms with Crippen LogP contribution in [-0.4, -0.2) is 33.8 Å². The van der Waals surface area contributed by atoms with Crippen LogP contribution in [0.1, 0.15) is 46.8 Å². The molecule has 0 bridgehead atoms. The fourth-order valence-corrected chi connectivity index (χ4v) is 4.61. The van der Waals surface area contributed by atoms with Crippen molar-refractivity contribution in [1.82, 2.24) is 5.32 Å². The molecule has 30 heavy (non-hydrogen) atoms. The SMILES string of the molecule is CCNC(=O)c1ccc2c(c1)C1C=CCC1C(c1cc(OC)c(OC)c(OC)c1)N2. The fraction of sp³-hybridized carbons (Fsp3) is 0.375. The summed E-state index contributed by atoms with van der Waals surface area (Å²) in [6, 6.07) is 10.0. The second kappa shape index (κ2) is 8.30. The second-order valence-corrected chi connectivity index (χ2v) is 7.60. The Bertz CT molecular complexity index is 960. The average molecular weight is 408 g/mol. The first-order valence-electron chi connectivity index (χ1n) is 10.3. The van der Waals surface area contributed by atoms with Gasteiger partial charge in [-0.2, -0.15) is 0 Å². The Morgan fingerprint density at radius 3 is 2.47 bits per heavy atom. The molecule has 2 N–H and O–H groups in total. The van der Waals surface area contributed by atoms with Gasteiger partial charge in [0.05, 0.1) is 27.4 Å². The topological polar surface area (TPSA) is 68.8 Å². The minimum absolute atomic E-state index is 0.0365. The number of benzene rings is 2. The molecule has 2 aromatic carbocycles. The number of methoxy groups -OCH3 is 3. The van der Waals surface area contributed by atoms with Gasteiger partial charge < -0.3 is 24.8 Å². The highest BCUT2D eigenvalue weighted by Crippen LogP contribution is 2.51. The smallest absolute Gasteiger partial charge is 0.251 e. The van der Waals surface area contributed by atoms with Gasteiger partial charge in [0.15, 0.2) is 11.5 Å². The molecule has 1 amide bonds. The van der Waals surface area contributed by atoms with Crippen LogP contribution in [-0.2, 0) is 0 Å². The number of hydrogen-bond donors (Lipinski definition) is 2. The summed E-state index contributed by atoms with van der Waals surface area (Å²) >= 11 is 0. The summed E-state index contributed by atoms with van der Waals surface area (Å²) in [6.07, 6.45) is 5.45. The molecule has 3 unspecified atom stereocenters. The van der Waals surface area contributed by atoms with Gasteiger partial charge in [-0.3, -0.25) is 4.79 Å². The number of anilines is 1. The quantitative estimate of drug-likeness (QED) is 0.698. The number of hydrogen-bond acceptors (Lipinski definition) is 5. The summed E-state index contributed by atoms with van der Waals surface area (Å²) in [5.74, 6) is 2.43. The number of ether oxygens (including phenoxy) is 3. The largest absolute Gasteiger partial charge is 0.493 e. The maximum Gasteiger partial charge on any atom is 0.251 e. The minimum atomic E-state index is -0.0365. The highest BCUT2D eigenvalue weighted by Gasteiger charge is 2.38. The van der Waals surface area contributed by atoms with Gasteiger partial charge in [0.2, 0.25) is 5.75 Å². The first-order chi connectivity index (χ1) is 14.6. The Morgan fingerprint density at radius 2 is 1.83 bits per heavy atom. The average Bonchev–Trinajstić information content (AvgIpc) is 3.27. The van der Waals surface area contributed by atoms with Crippen LogP contribution in [0.2, 0.25) is 0 Å². The van der Waals surface area contributed by atoms with E-state index in [4.69, 9.17) is 14.2 Å². The third-order valence-electron chi connectivity index (χ3n) is 6.01. The molecule has 1 aliphatic heterocycles. The Kier molecular flexibility index (Phi) is 5.57. The normalized spacial score (nSPS) is 21.3. The number of carbonyl (C=O) groups excluding carboxylic acids is 1. The highest BCUT2D eigenvalue weighted by atomic mass is 16.5. The van der Waals surface area contributed by atoms with E-state index in [1.54, 1.807) is 21.3 Å². The van der Waals surface area contributed by atoms with Gasteiger partial charge in [-0.1, -0.05) is 12.2 Å². The number of rotatable bonds is 6. The van der Waals surface area contributed by atoms with E-state index in [-0.39, 0.29) is 17.9 Å². The first-order valence-corrected chi connectivity index (χ1v) is 10.3. The van der Waals surface area contributed by atoms with Crippen LogP contribution < -0.4 is 24.8 Å². The molecule has 6 heteroatoms. The number of amides is 1. The molecule has 0 aromatic heterocycles. The van der Waals surface area contributed by atoms with Gasteiger partial charge >= 0.3 is 0 Å². The van der Waals surface area contributed by atoms with Crippen LogP contribution in [0.25, 0.3) is 0 Å². The van der Waals surface area contributed by atoms with E-state index < -0.39 is 0 Å². The monoisotopic (exact) mass is 408 g/mol. The van der Waals surface area contributed by atoms with E-state index in [1.807, 2.05) is 37.3 Å². The third kappa shape index (κ3) is 3.36. The van der Waals surface area contributed by atoms with Crippen molar-refractivity contribution in [2.75, 3.05) is 33.2 Å². The van der Waals surface area contributed by atoms with Crippen LogP contribution >= 0.6 is 0 Å². The van der Waals surface area contributed by atoms with E-state index in [1.165, 1.54) is 5.56 Å². The highest BCUT2D eigenvalue weighted by molar-refractivity contribution is 5.95. The Hall–Kier alpha value is -3.15. The van der Waals surface area contributed by atoms with Crippen molar-refractivity contribution in [3.05, 3.63) is 59.2 Å². The maximum atomic E-state index is 12.3. The molecule has 6 nitrogen and oxygen atoms in total. The summed E-state index contributed by atoms with van der Waals surface area (Å²) in [5, 5.41) is 6.58. The predicted molar refractivity (Wildman–Crippen MR) is 117 cm³/mol. The lowest BCUT2D eigenvalue weighted by molar-refractivity contribution is 0.0955. The van der Waals surface area contributed by atoms with E-state index in [9.17, 15) is 4.79 Å². The van der Waals surface area contributed by atoms with E-state index >= 15 is 0 Å². The zero-order valence-electron chi connectivity index (χ0n) is 17.8. The lowest BCUT2D eigenvalue weighted by atomic mass is 9.76. The van der Waals surface area contributed by atoms with Crippen molar-refractivity contribution in [3.63, 3.8) is 0 Å². The lowest BCUT2D eigenvalue weighted by Crippen LogP contribution is -2.30. The van der Waals surface area contributed by atoms with Crippen molar-refractivity contribution in [2.24, 2.45) is 5.92 Å². The Labute approximate surface area is 177 Å². The van der Waals surface area contributed by atoms with E-state index in [2.05, 4.69) is 22.8 Å². The summed E-state index contributed by atoms with van der Waals surface area (Å²) < 4.78 is 16.6. The number of allylic oxidation sites excluding steroid dienone is 2. The van der Waals surface area contributed by atoms with Crippen molar-refractivity contribution in [1.29, 1.82) is 0 Å². The van der Waals surface area contributed by atoms with Gasteiger partial charge in [-0.05, 0) is 60.7 Å². The summed E-state index contributed by atoms with van der Waals surface area (Å²) in [6.45, 7) is 2.54. The van der Waals surface area contributed by atoms with Crippen molar-refractivity contribution < 1.29 is 19.0 Å². The zero-order chi connectivity index (χ0) is 21.3. The van der Waals surface area contributed by atoms with Crippen molar-refractivity contribution in [3.8, 4) is 17.2 Å². The number of carbonyl (C=O) groups is 1. The molecular formula is C24H28N2O4. The maximum absolute atomic E-state index is 12.3. The van der Waals surface area contributed by atoms with Crippen LogP contribution in [0.4, 0.5) is 5.69 Å². The van der Waals surface area contributed by atoms with Gasteiger partial charge in [0.25, 0.3) is 5.91 Å². The van der Waals surface area contributed by atoms with Gasteiger partial charge in [-0.15, -0.1) is 0 Å². The lowest BCUT2D eigenvalue weighted by Gasteiger charge is -2.38. The standard InChI is InChI=1S/C24H28N2O4/c1-5-25-24(27)14-9-10-19-18(11-14)16-7-6-8-17(16)22(26-19)15-12-20(28-2)23(30-4)21(13-15)29-3/h6-7,9-13,16-17,22,26H,5,8H2,1-4H3,(H,25,27). The Morgan fingerprint density at radius 1 is 1.10 bits per heavy atom. The van der Waals surface area contributed by atoms with Crippen LogP contribution in [0.15, 0.2) is 42.5 Å². The zero-order valence-corrected chi connectivity index (χ0v) is 17.8. The molecule has 1 aliphatic carbocycles. The second-order valence-electron chi connectivity index (χ2n) is 7.60.